The summed E-state index contributed by atoms with van der Waals surface area (Å²) in [6, 6.07) is 6.09. The standard InChI is InChI=1S/C7H6N2O4.C7H7NO5S/c8-5-1-4(7(10)11)2-6(3-5)9(12)13;8-6-3-4(14(11,12)13)1-2-5(6)7(9)10/h1-3H,8H2,(H,10,11);1-3H,8H2,(H,9,10)(H,11,12,13). The molecule has 27 heavy (non-hydrogen) atoms. The number of rotatable bonds is 4. The number of anilines is 2. The minimum Gasteiger partial charge on any atom is -0.478 e. The number of aromatic carboxylic acids is 2. The molecule has 0 amide bonds. The van der Waals surface area contributed by atoms with E-state index in [4.69, 9.17) is 26.2 Å². The first-order valence-electron chi connectivity index (χ1n) is 6.71. The molecular weight excluding hydrogens is 386 g/mol. The predicted octanol–water partition coefficient (Wildman–Crippen LogP) is 1.09. The highest BCUT2D eigenvalue weighted by Crippen LogP contribution is 2.19. The molecule has 0 spiro atoms. The van der Waals surface area contributed by atoms with Crippen molar-refractivity contribution in [2.75, 3.05) is 11.5 Å². The Hall–Kier alpha value is -3.71. The predicted molar refractivity (Wildman–Crippen MR) is 92.1 cm³/mol. The maximum Gasteiger partial charge on any atom is 0.337 e. The van der Waals surface area contributed by atoms with E-state index >= 15 is 0 Å². The van der Waals surface area contributed by atoms with Crippen LogP contribution in [0.2, 0.25) is 0 Å². The lowest BCUT2D eigenvalue weighted by molar-refractivity contribution is -0.384. The van der Waals surface area contributed by atoms with Gasteiger partial charge in [-0.3, -0.25) is 14.7 Å². The van der Waals surface area contributed by atoms with Crippen LogP contribution in [0.5, 0.6) is 0 Å². The minimum atomic E-state index is -4.34. The van der Waals surface area contributed by atoms with Gasteiger partial charge in [0.15, 0.2) is 0 Å². The molecule has 13 heteroatoms. The number of carboxylic acid groups (broad SMARTS) is 2. The molecule has 0 aromatic heterocycles. The Morgan fingerprint density at radius 2 is 1.59 bits per heavy atom. The first-order chi connectivity index (χ1) is 12.3. The Morgan fingerprint density at radius 3 is 2.00 bits per heavy atom. The van der Waals surface area contributed by atoms with Gasteiger partial charge in [0, 0.05) is 23.5 Å². The molecule has 0 saturated heterocycles. The smallest absolute Gasteiger partial charge is 0.337 e. The van der Waals surface area contributed by atoms with Crippen LogP contribution in [-0.2, 0) is 10.1 Å². The van der Waals surface area contributed by atoms with Crippen molar-refractivity contribution < 1.29 is 37.7 Å². The lowest BCUT2D eigenvalue weighted by Gasteiger charge is -2.02. The van der Waals surface area contributed by atoms with E-state index in [1.54, 1.807) is 0 Å². The molecule has 0 saturated carbocycles. The van der Waals surface area contributed by atoms with Crippen LogP contribution < -0.4 is 11.5 Å². The van der Waals surface area contributed by atoms with E-state index in [2.05, 4.69) is 0 Å². The zero-order chi connectivity index (χ0) is 20.9. The van der Waals surface area contributed by atoms with Crippen LogP contribution in [-0.4, -0.2) is 40.0 Å². The lowest BCUT2D eigenvalue weighted by atomic mass is 10.2. The Morgan fingerprint density at radius 1 is 1.00 bits per heavy atom. The molecule has 0 aliphatic heterocycles. The summed E-state index contributed by atoms with van der Waals surface area (Å²) in [7, 11) is -4.34. The fourth-order valence-electron chi connectivity index (χ4n) is 1.76. The molecule has 144 valence electrons. The summed E-state index contributed by atoms with van der Waals surface area (Å²) in [5.74, 6) is -2.50. The summed E-state index contributed by atoms with van der Waals surface area (Å²) in [5.41, 5.74) is 9.66. The quantitative estimate of drug-likeness (QED) is 0.211. The van der Waals surface area contributed by atoms with Gasteiger partial charge in [-0.2, -0.15) is 8.42 Å². The average molecular weight is 399 g/mol. The van der Waals surface area contributed by atoms with Crippen LogP contribution in [0.3, 0.4) is 0 Å². The average Bonchev–Trinajstić information content (AvgIpc) is 2.53. The van der Waals surface area contributed by atoms with E-state index in [9.17, 15) is 28.1 Å². The molecule has 0 atom stereocenters. The summed E-state index contributed by atoms with van der Waals surface area (Å²) in [6.07, 6.45) is 0. The molecule has 12 nitrogen and oxygen atoms in total. The summed E-state index contributed by atoms with van der Waals surface area (Å²) in [5, 5.41) is 27.4. The van der Waals surface area contributed by atoms with Crippen LogP contribution in [0.25, 0.3) is 0 Å². The summed E-state index contributed by atoms with van der Waals surface area (Å²) in [4.78, 5) is 30.1. The van der Waals surface area contributed by atoms with Crippen LogP contribution in [0.4, 0.5) is 17.1 Å². The Bertz CT molecular complexity index is 986. The Labute approximate surface area is 151 Å². The lowest BCUT2D eigenvalue weighted by Crippen LogP contribution is -2.05. The molecule has 0 radical (unpaired) electrons. The van der Waals surface area contributed by atoms with Crippen LogP contribution in [0.1, 0.15) is 20.7 Å². The van der Waals surface area contributed by atoms with Crippen LogP contribution >= 0.6 is 0 Å². The number of nitrogens with two attached hydrogens (primary N) is 2. The van der Waals surface area contributed by atoms with Crippen LogP contribution in [0, 0.1) is 10.1 Å². The minimum absolute atomic E-state index is 0.0617. The van der Waals surface area contributed by atoms with Crippen molar-refractivity contribution in [1.29, 1.82) is 0 Å². The van der Waals surface area contributed by atoms with Gasteiger partial charge in [-0.25, -0.2) is 9.59 Å². The highest BCUT2D eigenvalue weighted by atomic mass is 32.2. The molecule has 2 aromatic carbocycles. The number of nitrogens with zero attached hydrogens (tertiary/aromatic N) is 1. The van der Waals surface area contributed by atoms with Gasteiger partial charge in [0.1, 0.15) is 0 Å². The summed E-state index contributed by atoms with van der Waals surface area (Å²) in [6.45, 7) is 0. The molecule has 0 aliphatic carbocycles. The second-order valence-corrected chi connectivity index (χ2v) is 6.33. The number of hydrogen-bond acceptors (Lipinski definition) is 8. The molecule has 2 rings (SSSR count). The molecule has 0 fully saturated rings. The highest BCUT2D eigenvalue weighted by Gasteiger charge is 2.14. The maximum atomic E-state index is 10.6. The second kappa shape index (κ2) is 8.11. The van der Waals surface area contributed by atoms with Gasteiger partial charge in [0.05, 0.1) is 20.9 Å². The fourth-order valence-corrected chi connectivity index (χ4v) is 2.28. The summed E-state index contributed by atoms with van der Waals surface area (Å²) < 4.78 is 29.8. The monoisotopic (exact) mass is 399 g/mol. The highest BCUT2D eigenvalue weighted by molar-refractivity contribution is 7.85. The molecule has 0 bridgehead atoms. The van der Waals surface area contributed by atoms with Gasteiger partial charge in [-0.1, -0.05) is 0 Å². The zero-order valence-electron chi connectivity index (χ0n) is 13.3. The number of hydrogen-bond donors (Lipinski definition) is 5. The Balaban J connectivity index is 0.000000271. The second-order valence-electron chi connectivity index (χ2n) is 4.90. The SMILES string of the molecule is Nc1cc(C(=O)O)cc([N+](=O)[O-])c1.Nc1cc(S(=O)(=O)O)ccc1C(=O)O. The molecule has 0 aliphatic rings. The summed E-state index contributed by atoms with van der Waals surface area (Å²) >= 11 is 0. The first kappa shape index (κ1) is 21.3. The topological polar surface area (TPSA) is 224 Å². The fraction of sp³-hybridized carbons (Fsp3) is 0. The third-order valence-electron chi connectivity index (χ3n) is 2.95. The number of nitro benzene ring substituents is 1. The third kappa shape index (κ3) is 5.94. The third-order valence-corrected chi connectivity index (χ3v) is 3.80. The first-order valence-corrected chi connectivity index (χ1v) is 8.15. The Kier molecular flexibility index (Phi) is 6.41. The van der Waals surface area contributed by atoms with Crippen molar-refractivity contribution in [3.8, 4) is 0 Å². The van der Waals surface area contributed by atoms with Gasteiger partial charge in [-0.15, -0.1) is 0 Å². The van der Waals surface area contributed by atoms with Crippen molar-refractivity contribution >= 4 is 39.1 Å². The zero-order valence-corrected chi connectivity index (χ0v) is 14.1. The van der Waals surface area contributed by atoms with Gasteiger partial charge in [-0.05, 0) is 24.3 Å². The van der Waals surface area contributed by atoms with Crippen molar-refractivity contribution in [2.45, 2.75) is 4.90 Å². The molecule has 0 heterocycles. The number of carboxylic acids is 2. The van der Waals surface area contributed by atoms with Gasteiger partial charge in [0.25, 0.3) is 15.8 Å². The number of nitrogen functional groups attached to an aromatic ring is 2. The molecule has 7 N–H and O–H groups in total. The van der Waals surface area contributed by atoms with E-state index in [-0.39, 0.29) is 28.2 Å². The van der Waals surface area contributed by atoms with Crippen LogP contribution in [0.15, 0.2) is 41.3 Å². The van der Waals surface area contributed by atoms with E-state index in [0.717, 1.165) is 36.4 Å². The van der Waals surface area contributed by atoms with E-state index in [1.165, 1.54) is 0 Å². The number of carbonyl (C=O) groups is 2. The molecule has 0 unspecified atom stereocenters. The van der Waals surface area contributed by atoms with Crippen molar-refractivity contribution in [3.63, 3.8) is 0 Å². The van der Waals surface area contributed by atoms with E-state index < -0.39 is 31.9 Å². The van der Waals surface area contributed by atoms with E-state index in [1.807, 2.05) is 0 Å². The van der Waals surface area contributed by atoms with Crippen molar-refractivity contribution in [3.05, 3.63) is 57.6 Å². The number of benzene rings is 2. The van der Waals surface area contributed by atoms with Gasteiger partial charge in [0.2, 0.25) is 0 Å². The molecule has 2 aromatic rings. The van der Waals surface area contributed by atoms with E-state index in [0.29, 0.717) is 0 Å². The largest absolute Gasteiger partial charge is 0.478 e. The molecular formula is C14H13N3O9S. The normalized spacial score (nSPS) is 10.4. The maximum absolute atomic E-state index is 10.6. The van der Waals surface area contributed by atoms with Crippen molar-refractivity contribution in [1.82, 2.24) is 0 Å². The van der Waals surface area contributed by atoms with Gasteiger partial charge >= 0.3 is 11.9 Å². The van der Waals surface area contributed by atoms with Gasteiger partial charge < -0.3 is 21.7 Å². The number of nitro groups is 1. The van der Waals surface area contributed by atoms with Crippen molar-refractivity contribution in [2.24, 2.45) is 0 Å². The number of non-ortho nitro benzene ring substituents is 1.